The van der Waals surface area contributed by atoms with Crippen LogP contribution in [0, 0.1) is 0 Å². The molecule has 1 unspecified atom stereocenters. The second-order valence-electron chi connectivity index (χ2n) is 5.85. The lowest BCUT2D eigenvalue weighted by Crippen LogP contribution is -2.46. The Morgan fingerprint density at radius 1 is 1.14 bits per heavy atom. The number of hydrogen-bond acceptors (Lipinski definition) is 2. The van der Waals surface area contributed by atoms with E-state index in [1.807, 2.05) is 38.1 Å². The molecule has 2 amide bonds. The lowest BCUT2D eigenvalue weighted by molar-refractivity contribution is -0.120. The first-order valence-electron chi connectivity index (χ1n) is 7.01. The molecule has 1 atom stereocenters. The van der Waals surface area contributed by atoms with Gasteiger partial charge in [-0.25, -0.2) is 0 Å². The smallest absolute Gasteiger partial charge is 0.259 e. The maximum absolute atomic E-state index is 12.7. The summed E-state index contributed by atoms with van der Waals surface area (Å²) in [4.78, 5) is 28.2. The minimum atomic E-state index is -1.09. The zero-order chi connectivity index (χ0) is 14.8. The Morgan fingerprint density at radius 2 is 1.90 bits per heavy atom. The summed E-state index contributed by atoms with van der Waals surface area (Å²) < 4.78 is 0. The predicted molar refractivity (Wildman–Crippen MR) is 78.2 cm³/mol. The summed E-state index contributed by atoms with van der Waals surface area (Å²) in [6, 6.07) is 7.50. The third-order valence-corrected chi connectivity index (χ3v) is 4.33. The normalized spacial score (nSPS) is 22.4. The van der Waals surface area contributed by atoms with E-state index in [1.165, 1.54) is 0 Å². The average Bonchev–Trinajstić information content (AvgIpc) is 3.07. The minimum Gasteiger partial charge on any atom is -0.364 e. The molecule has 0 aliphatic carbocycles. The maximum Gasteiger partial charge on any atom is 0.259 e. The first-order valence-corrected chi connectivity index (χ1v) is 7.01. The average molecular weight is 281 g/mol. The van der Waals surface area contributed by atoms with Crippen LogP contribution in [0.4, 0.5) is 5.69 Å². The van der Waals surface area contributed by atoms with E-state index in [9.17, 15) is 9.59 Å². The van der Waals surface area contributed by atoms with Crippen LogP contribution in [0.15, 0.2) is 30.5 Å². The number of amides is 2. The van der Waals surface area contributed by atoms with Crippen LogP contribution in [-0.4, -0.2) is 16.8 Å². The Kier molecular flexibility index (Phi) is 2.18. The van der Waals surface area contributed by atoms with E-state index in [1.54, 1.807) is 6.20 Å². The van der Waals surface area contributed by atoms with E-state index in [-0.39, 0.29) is 17.7 Å². The highest BCUT2D eigenvalue weighted by molar-refractivity contribution is 6.16. The van der Waals surface area contributed by atoms with Crippen LogP contribution in [0.2, 0.25) is 0 Å². The van der Waals surface area contributed by atoms with Crippen LogP contribution >= 0.6 is 0 Å². The molecule has 1 aromatic carbocycles. The van der Waals surface area contributed by atoms with Gasteiger partial charge in [-0.05, 0) is 12.0 Å². The lowest BCUT2D eigenvalue weighted by Gasteiger charge is -2.25. The molecule has 0 radical (unpaired) electrons. The van der Waals surface area contributed by atoms with Crippen LogP contribution in [0.25, 0.3) is 0 Å². The zero-order valence-corrected chi connectivity index (χ0v) is 11.8. The van der Waals surface area contributed by atoms with Gasteiger partial charge < -0.3 is 15.6 Å². The van der Waals surface area contributed by atoms with Gasteiger partial charge in [-0.3, -0.25) is 9.59 Å². The SMILES string of the molecule is CC(C)c1[nH]cc2c1C1(NC2=O)C(=O)Nc2ccccc21. The maximum atomic E-state index is 12.7. The summed E-state index contributed by atoms with van der Waals surface area (Å²) in [7, 11) is 0. The number of para-hydroxylation sites is 1. The molecule has 0 bridgehead atoms. The molecule has 5 nitrogen and oxygen atoms in total. The van der Waals surface area contributed by atoms with Crippen LogP contribution in [0.1, 0.15) is 46.9 Å². The molecule has 3 N–H and O–H groups in total. The number of rotatable bonds is 1. The van der Waals surface area contributed by atoms with Gasteiger partial charge in [0, 0.05) is 28.7 Å². The molecular formula is C16H15N3O2. The van der Waals surface area contributed by atoms with Gasteiger partial charge in [0.05, 0.1) is 5.56 Å². The predicted octanol–water partition coefficient (Wildman–Crippen LogP) is 2.08. The highest BCUT2D eigenvalue weighted by Crippen LogP contribution is 2.47. The highest BCUT2D eigenvalue weighted by atomic mass is 16.2. The first kappa shape index (κ1) is 12.2. The van der Waals surface area contributed by atoms with E-state index < -0.39 is 5.54 Å². The van der Waals surface area contributed by atoms with Crippen molar-refractivity contribution in [2.24, 2.45) is 0 Å². The van der Waals surface area contributed by atoms with E-state index in [2.05, 4.69) is 15.6 Å². The summed E-state index contributed by atoms with van der Waals surface area (Å²) in [6.45, 7) is 4.09. The van der Waals surface area contributed by atoms with Gasteiger partial charge in [0.25, 0.3) is 11.8 Å². The molecule has 0 saturated carbocycles. The number of benzene rings is 1. The number of H-pyrrole nitrogens is 1. The molecule has 4 rings (SSSR count). The fraction of sp³-hybridized carbons (Fsp3) is 0.250. The van der Waals surface area contributed by atoms with Gasteiger partial charge >= 0.3 is 0 Å². The van der Waals surface area contributed by atoms with E-state index in [0.29, 0.717) is 5.56 Å². The van der Waals surface area contributed by atoms with Crippen molar-refractivity contribution >= 4 is 17.5 Å². The van der Waals surface area contributed by atoms with E-state index >= 15 is 0 Å². The minimum absolute atomic E-state index is 0.193. The molecule has 5 heteroatoms. The van der Waals surface area contributed by atoms with Crippen molar-refractivity contribution < 1.29 is 9.59 Å². The van der Waals surface area contributed by atoms with Crippen LogP contribution < -0.4 is 10.6 Å². The van der Waals surface area contributed by atoms with Gasteiger partial charge in [0.15, 0.2) is 5.54 Å². The molecule has 0 saturated heterocycles. The van der Waals surface area contributed by atoms with Gasteiger partial charge in [0.1, 0.15) is 0 Å². The Bertz CT molecular complexity index is 791. The van der Waals surface area contributed by atoms with Gasteiger partial charge in [-0.2, -0.15) is 0 Å². The van der Waals surface area contributed by atoms with Gasteiger partial charge in [-0.15, -0.1) is 0 Å². The van der Waals surface area contributed by atoms with Crippen molar-refractivity contribution in [2.45, 2.75) is 25.3 Å². The largest absolute Gasteiger partial charge is 0.364 e. The number of aromatic nitrogens is 1. The third kappa shape index (κ3) is 1.31. The summed E-state index contributed by atoms with van der Waals surface area (Å²) in [5.74, 6) is -0.212. The summed E-state index contributed by atoms with van der Waals surface area (Å²) in [5.41, 5.74) is 2.73. The Morgan fingerprint density at radius 3 is 2.67 bits per heavy atom. The highest BCUT2D eigenvalue weighted by Gasteiger charge is 2.56. The molecule has 2 aromatic rings. The fourth-order valence-corrected chi connectivity index (χ4v) is 3.41. The molecule has 3 heterocycles. The summed E-state index contributed by atoms with van der Waals surface area (Å²) >= 11 is 0. The van der Waals surface area contributed by atoms with Crippen molar-refractivity contribution in [3.63, 3.8) is 0 Å². The molecule has 1 aromatic heterocycles. The first-order chi connectivity index (χ1) is 10.1. The van der Waals surface area contributed by atoms with Crippen molar-refractivity contribution in [1.82, 2.24) is 10.3 Å². The zero-order valence-electron chi connectivity index (χ0n) is 11.8. The molecule has 106 valence electrons. The van der Waals surface area contributed by atoms with Crippen molar-refractivity contribution in [1.29, 1.82) is 0 Å². The lowest BCUT2D eigenvalue weighted by atomic mass is 9.83. The standard InChI is InChI=1S/C16H15N3O2/c1-8(2)13-12-9(7-17-13)14(20)19-16(12)10-5-3-4-6-11(10)18-15(16)21/h3-8,17H,1-2H3,(H,18,21)(H,19,20). The number of fused-ring (bicyclic) bond motifs is 4. The quantitative estimate of drug-likeness (QED) is 0.748. The third-order valence-electron chi connectivity index (χ3n) is 4.33. The Balaban J connectivity index is 2.06. The number of carbonyl (C=O) groups is 2. The molecule has 1 spiro atoms. The van der Waals surface area contributed by atoms with E-state index in [0.717, 1.165) is 22.5 Å². The summed E-state index contributed by atoms with van der Waals surface area (Å²) in [5, 5.41) is 5.78. The monoisotopic (exact) mass is 281 g/mol. The van der Waals surface area contributed by atoms with Crippen molar-refractivity contribution in [3.8, 4) is 0 Å². The van der Waals surface area contributed by atoms with Crippen molar-refractivity contribution in [2.75, 3.05) is 5.32 Å². The second kappa shape index (κ2) is 3.75. The number of anilines is 1. The molecule has 2 aliphatic rings. The topological polar surface area (TPSA) is 74.0 Å². The van der Waals surface area contributed by atoms with Crippen LogP contribution in [0.3, 0.4) is 0 Å². The molecule has 21 heavy (non-hydrogen) atoms. The Labute approximate surface area is 121 Å². The fourth-order valence-electron chi connectivity index (χ4n) is 3.41. The molecular weight excluding hydrogens is 266 g/mol. The number of hydrogen-bond donors (Lipinski definition) is 3. The van der Waals surface area contributed by atoms with Crippen molar-refractivity contribution in [3.05, 3.63) is 52.8 Å². The van der Waals surface area contributed by atoms with Crippen LogP contribution in [-0.2, 0) is 10.3 Å². The van der Waals surface area contributed by atoms with Gasteiger partial charge in [0.2, 0.25) is 0 Å². The van der Waals surface area contributed by atoms with Crippen LogP contribution in [0.5, 0.6) is 0 Å². The number of nitrogens with one attached hydrogen (secondary N) is 3. The molecule has 2 aliphatic heterocycles. The van der Waals surface area contributed by atoms with E-state index in [4.69, 9.17) is 0 Å². The second-order valence-corrected chi connectivity index (χ2v) is 5.85. The van der Waals surface area contributed by atoms with Gasteiger partial charge in [-0.1, -0.05) is 32.0 Å². The number of aromatic amines is 1. The Hall–Kier alpha value is -2.56. The molecule has 0 fully saturated rings. The summed E-state index contributed by atoms with van der Waals surface area (Å²) in [6.07, 6.45) is 1.70. The number of carbonyl (C=O) groups excluding carboxylic acids is 2.